The molecule has 1 N–H and O–H groups in total. The van der Waals surface area contributed by atoms with Crippen molar-refractivity contribution in [2.75, 3.05) is 34.8 Å². The summed E-state index contributed by atoms with van der Waals surface area (Å²) in [4.78, 5) is 16.3. The quantitative estimate of drug-likeness (QED) is 0.827. The van der Waals surface area contributed by atoms with Crippen LogP contribution in [-0.2, 0) is 6.54 Å². The van der Waals surface area contributed by atoms with Gasteiger partial charge in [-0.2, -0.15) is 0 Å². The number of aryl methyl sites for hydroxylation is 1. The molecule has 2 aromatic rings. The minimum Gasteiger partial charge on any atom is -0.497 e. The molecule has 140 valence electrons. The van der Waals surface area contributed by atoms with Crippen molar-refractivity contribution in [2.45, 2.75) is 19.5 Å². The number of carbonyl (C=O) groups is 1. The second-order valence-corrected chi connectivity index (χ2v) is 6.72. The van der Waals surface area contributed by atoms with E-state index in [1.54, 1.807) is 12.0 Å². The predicted molar refractivity (Wildman–Crippen MR) is 105 cm³/mol. The summed E-state index contributed by atoms with van der Waals surface area (Å²) in [6, 6.07) is 16.1. The number of amides is 2. The van der Waals surface area contributed by atoms with Gasteiger partial charge in [-0.25, -0.2) is 4.79 Å². The zero-order valence-electron chi connectivity index (χ0n) is 16.3. The van der Waals surface area contributed by atoms with Crippen LogP contribution in [0.3, 0.4) is 0 Å². The molecule has 1 unspecified atom stereocenters. The molecule has 0 saturated heterocycles. The molecule has 0 radical (unpaired) electrons. The minimum absolute atomic E-state index is 0.0703. The van der Waals surface area contributed by atoms with Crippen molar-refractivity contribution in [3.05, 3.63) is 65.2 Å². The fourth-order valence-corrected chi connectivity index (χ4v) is 2.88. The largest absolute Gasteiger partial charge is 0.497 e. The second kappa shape index (κ2) is 9.25. The standard InChI is InChI=1S/C21H29N3O2/c1-16-9-6-7-10-18(16)15-24(4)21(25)22-14-20(23(2)3)17-11-8-12-19(13-17)26-5/h6-13,20H,14-15H2,1-5H3,(H,22,25). The van der Waals surface area contributed by atoms with E-state index in [-0.39, 0.29) is 12.1 Å². The van der Waals surface area contributed by atoms with Gasteiger partial charge in [0.1, 0.15) is 5.75 Å². The molecule has 5 heteroatoms. The maximum Gasteiger partial charge on any atom is 0.317 e. The normalized spacial score (nSPS) is 11.9. The molecular weight excluding hydrogens is 326 g/mol. The number of benzene rings is 2. The van der Waals surface area contributed by atoms with Crippen LogP contribution in [-0.4, -0.2) is 50.6 Å². The average Bonchev–Trinajstić information content (AvgIpc) is 2.63. The van der Waals surface area contributed by atoms with E-state index in [1.165, 1.54) is 5.56 Å². The number of likely N-dealkylation sites (N-methyl/N-ethyl adjacent to an activating group) is 1. The molecule has 0 fully saturated rings. The number of methoxy groups -OCH3 is 1. The molecule has 26 heavy (non-hydrogen) atoms. The topological polar surface area (TPSA) is 44.8 Å². The van der Waals surface area contributed by atoms with Gasteiger partial charge in [0, 0.05) is 20.1 Å². The first-order chi connectivity index (χ1) is 12.4. The third kappa shape index (κ3) is 5.23. The zero-order valence-corrected chi connectivity index (χ0v) is 16.3. The van der Waals surface area contributed by atoms with Crippen molar-refractivity contribution in [1.82, 2.24) is 15.1 Å². The van der Waals surface area contributed by atoms with Gasteiger partial charge >= 0.3 is 6.03 Å². The van der Waals surface area contributed by atoms with Crippen molar-refractivity contribution >= 4 is 6.03 Å². The van der Waals surface area contributed by atoms with Crippen LogP contribution in [0.1, 0.15) is 22.7 Å². The van der Waals surface area contributed by atoms with Gasteiger partial charge in [-0.1, -0.05) is 36.4 Å². The summed E-state index contributed by atoms with van der Waals surface area (Å²) in [7, 11) is 7.49. The Hall–Kier alpha value is -2.53. The molecule has 0 aliphatic rings. The van der Waals surface area contributed by atoms with Crippen molar-refractivity contribution in [3.63, 3.8) is 0 Å². The molecule has 0 aliphatic heterocycles. The van der Waals surface area contributed by atoms with Gasteiger partial charge in [0.15, 0.2) is 0 Å². The number of urea groups is 1. The van der Waals surface area contributed by atoms with E-state index in [0.29, 0.717) is 13.1 Å². The second-order valence-electron chi connectivity index (χ2n) is 6.72. The third-order valence-corrected chi connectivity index (χ3v) is 4.56. The molecular formula is C21H29N3O2. The molecule has 0 spiro atoms. The predicted octanol–water partition coefficient (Wildman–Crippen LogP) is 3.45. The summed E-state index contributed by atoms with van der Waals surface area (Å²) in [6.45, 7) is 3.17. The fourth-order valence-electron chi connectivity index (χ4n) is 2.88. The number of rotatable bonds is 7. The van der Waals surface area contributed by atoms with Gasteiger partial charge in [-0.3, -0.25) is 0 Å². The van der Waals surface area contributed by atoms with Gasteiger partial charge in [0.05, 0.1) is 13.2 Å². The lowest BCUT2D eigenvalue weighted by molar-refractivity contribution is 0.200. The van der Waals surface area contributed by atoms with Crippen LogP contribution in [0.15, 0.2) is 48.5 Å². The maximum atomic E-state index is 12.5. The molecule has 0 heterocycles. The van der Waals surface area contributed by atoms with Crippen molar-refractivity contribution in [3.8, 4) is 5.75 Å². The summed E-state index contributed by atoms with van der Waals surface area (Å²) < 4.78 is 5.31. The van der Waals surface area contributed by atoms with Gasteiger partial charge in [0.25, 0.3) is 0 Å². The Kier molecular flexibility index (Phi) is 7.04. The minimum atomic E-state index is -0.0806. The number of hydrogen-bond acceptors (Lipinski definition) is 3. The Bertz CT molecular complexity index is 731. The van der Waals surface area contributed by atoms with Crippen LogP contribution < -0.4 is 10.1 Å². The van der Waals surface area contributed by atoms with Crippen LogP contribution in [0.4, 0.5) is 4.79 Å². The first-order valence-corrected chi connectivity index (χ1v) is 8.76. The number of hydrogen-bond donors (Lipinski definition) is 1. The van der Waals surface area contributed by atoms with Crippen LogP contribution in [0, 0.1) is 6.92 Å². The summed E-state index contributed by atoms with van der Waals surface area (Å²) in [5.41, 5.74) is 3.45. The molecule has 0 aromatic heterocycles. The van der Waals surface area contributed by atoms with Crippen LogP contribution >= 0.6 is 0 Å². The van der Waals surface area contributed by atoms with Crippen LogP contribution in [0.25, 0.3) is 0 Å². The van der Waals surface area contributed by atoms with E-state index >= 15 is 0 Å². The number of nitrogens with zero attached hydrogens (tertiary/aromatic N) is 2. The first kappa shape index (κ1) is 19.8. The summed E-state index contributed by atoms with van der Waals surface area (Å²) >= 11 is 0. The summed E-state index contributed by atoms with van der Waals surface area (Å²) in [5, 5.41) is 3.04. The Morgan fingerprint density at radius 2 is 1.85 bits per heavy atom. The van der Waals surface area contributed by atoms with Crippen LogP contribution in [0.2, 0.25) is 0 Å². The summed E-state index contributed by atoms with van der Waals surface area (Å²) in [5.74, 6) is 0.817. The fraction of sp³-hybridized carbons (Fsp3) is 0.381. The highest BCUT2D eigenvalue weighted by atomic mass is 16.5. The van der Waals surface area contributed by atoms with E-state index < -0.39 is 0 Å². The molecule has 2 aromatic carbocycles. The highest BCUT2D eigenvalue weighted by Crippen LogP contribution is 2.22. The smallest absolute Gasteiger partial charge is 0.317 e. The highest BCUT2D eigenvalue weighted by molar-refractivity contribution is 5.74. The number of ether oxygens (including phenoxy) is 1. The average molecular weight is 355 g/mol. The van der Waals surface area contributed by atoms with E-state index in [4.69, 9.17) is 4.74 Å². The first-order valence-electron chi connectivity index (χ1n) is 8.76. The Balaban J connectivity index is 1.99. The van der Waals surface area contributed by atoms with Gasteiger partial charge in [-0.05, 0) is 49.8 Å². The lowest BCUT2D eigenvalue weighted by Gasteiger charge is -2.27. The van der Waals surface area contributed by atoms with Gasteiger partial charge in [-0.15, -0.1) is 0 Å². The van der Waals surface area contributed by atoms with Crippen molar-refractivity contribution in [2.24, 2.45) is 0 Å². The molecule has 1 atom stereocenters. The Labute approximate surface area is 156 Å². The summed E-state index contributed by atoms with van der Waals surface area (Å²) in [6.07, 6.45) is 0. The van der Waals surface area contributed by atoms with E-state index in [9.17, 15) is 4.79 Å². The lowest BCUT2D eigenvalue weighted by Crippen LogP contribution is -2.41. The van der Waals surface area contributed by atoms with Gasteiger partial charge < -0.3 is 19.9 Å². The maximum absolute atomic E-state index is 12.5. The van der Waals surface area contributed by atoms with Crippen molar-refractivity contribution in [1.29, 1.82) is 0 Å². The number of nitrogens with one attached hydrogen (secondary N) is 1. The SMILES string of the molecule is COc1cccc(C(CNC(=O)N(C)Cc2ccccc2C)N(C)C)c1. The zero-order chi connectivity index (χ0) is 19.1. The third-order valence-electron chi connectivity index (χ3n) is 4.56. The van der Waals surface area contributed by atoms with E-state index in [0.717, 1.165) is 16.9 Å². The number of carbonyl (C=O) groups excluding carboxylic acids is 1. The lowest BCUT2D eigenvalue weighted by atomic mass is 10.1. The Morgan fingerprint density at radius 3 is 2.50 bits per heavy atom. The van der Waals surface area contributed by atoms with E-state index in [1.807, 2.05) is 51.5 Å². The molecule has 2 rings (SSSR count). The molecule has 2 amide bonds. The van der Waals surface area contributed by atoms with Crippen LogP contribution in [0.5, 0.6) is 5.75 Å². The monoisotopic (exact) mass is 355 g/mol. The van der Waals surface area contributed by atoms with Crippen molar-refractivity contribution < 1.29 is 9.53 Å². The molecule has 0 saturated carbocycles. The molecule has 0 bridgehead atoms. The van der Waals surface area contributed by atoms with Gasteiger partial charge in [0.2, 0.25) is 0 Å². The molecule has 5 nitrogen and oxygen atoms in total. The van der Waals surface area contributed by atoms with E-state index in [2.05, 4.69) is 35.3 Å². The highest BCUT2D eigenvalue weighted by Gasteiger charge is 2.17. The Morgan fingerprint density at radius 1 is 1.12 bits per heavy atom. The molecule has 0 aliphatic carbocycles.